The van der Waals surface area contributed by atoms with Crippen molar-refractivity contribution in [2.75, 3.05) is 0 Å². The molecule has 2 aromatic heterocycles. The van der Waals surface area contributed by atoms with Crippen LogP contribution < -0.4 is 0 Å². The molecule has 0 unspecified atom stereocenters. The van der Waals surface area contributed by atoms with E-state index in [9.17, 15) is 13.2 Å². The number of halogens is 3. The first-order chi connectivity index (χ1) is 10.4. The van der Waals surface area contributed by atoms with Crippen LogP contribution in [-0.2, 0) is 6.18 Å². The van der Waals surface area contributed by atoms with Gasteiger partial charge in [0.15, 0.2) is 0 Å². The summed E-state index contributed by atoms with van der Waals surface area (Å²) in [5.41, 5.74) is 2.05. The number of hydrogen-bond donors (Lipinski definition) is 0. The minimum absolute atomic E-state index is 0.389. The summed E-state index contributed by atoms with van der Waals surface area (Å²) in [4.78, 5) is 8.33. The molecule has 0 saturated carbocycles. The zero-order valence-electron chi connectivity index (χ0n) is 11.6. The highest BCUT2D eigenvalue weighted by molar-refractivity contribution is 5.64. The van der Waals surface area contributed by atoms with E-state index in [1.165, 1.54) is 18.4 Å². The molecular formula is C16H11F3N2O. The zero-order chi connectivity index (χ0) is 15.7. The Bertz CT molecular complexity index is 792. The van der Waals surface area contributed by atoms with Crippen LogP contribution in [0, 0.1) is 6.92 Å². The molecule has 0 fully saturated rings. The van der Waals surface area contributed by atoms with Crippen LogP contribution in [0.5, 0.6) is 0 Å². The summed E-state index contributed by atoms with van der Waals surface area (Å²) in [6, 6.07) is 6.64. The Kier molecular flexibility index (Phi) is 3.44. The fraction of sp³-hybridized carbons (Fsp3) is 0.125. The molecule has 3 nitrogen and oxygen atoms in total. The fourth-order valence-corrected chi connectivity index (χ4v) is 2.05. The SMILES string of the molecule is Cc1ccncc1-c1nc(-c2ccc(C(F)(F)F)cc2)co1. The van der Waals surface area contributed by atoms with Crippen molar-refractivity contribution >= 4 is 0 Å². The first-order valence-corrected chi connectivity index (χ1v) is 6.49. The normalized spacial score (nSPS) is 11.6. The zero-order valence-corrected chi connectivity index (χ0v) is 11.6. The Labute approximate surface area is 124 Å². The average Bonchev–Trinajstić information content (AvgIpc) is 2.96. The van der Waals surface area contributed by atoms with Gasteiger partial charge in [-0.15, -0.1) is 0 Å². The first-order valence-electron chi connectivity index (χ1n) is 6.49. The fourth-order valence-electron chi connectivity index (χ4n) is 2.05. The van der Waals surface area contributed by atoms with Crippen LogP contribution in [0.25, 0.3) is 22.7 Å². The van der Waals surface area contributed by atoms with Gasteiger partial charge in [0, 0.05) is 18.0 Å². The molecule has 3 rings (SSSR count). The van der Waals surface area contributed by atoms with E-state index in [-0.39, 0.29) is 0 Å². The van der Waals surface area contributed by atoms with Gasteiger partial charge < -0.3 is 4.42 Å². The molecule has 0 atom stereocenters. The number of pyridine rings is 1. The smallest absolute Gasteiger partial charge is 0.416 e. The molecule has 0 aliphatic heterocycles. The van der Waals surface area contributed by atoms with E-state index in [0.29, 0.717) is 17.1 Å². The van der Waals surface area contributed by atoms with Gasteiger partial charge in [-0.05, 0) is 30.7 Å². The van der Waals surface area contributed by atoms with E-state index in [0.717, 1.165) is 23.3 Å². The van der Waals surface area contributed by atoms with Gasteiger partial charge in [0.05, 0.1) is 11.1 Å². The molecular weight excluding hydrogens is 293 g/mol. The molecule has 0 saturated heterocycles. The molecule has 0 aliphatic rings. The summed E-state index contributed by atoms with van der Waals surface area (Å²) in [6.45, 7) is 1.90. The van der Waals surface area contributed by atoms with Crippen molar-refractivity contribution < 1.29 is 17.6 Å². The van der Waals surface area contributed by atoms with Gasteiger partial charge in [-0.25, -0.2) is 4.98 Å². The van der Waals surface area contributed by atoms with Crippen molar-refractivity contribution in [1.82, 2.24) is 9.97 Å². The Balaban J connectivity index is 1.93. The van der Waals surface area contributed by atoms with E-state index >= 15 is 0 Å². The van der Waals surface area contributed by atoms with Crippen molar-refractivity contribution in [3.8, 4) is 22.7 Å². The minimum Gasteiger partial charge on any atom is -0.444 e. The van der Waals surface area contributed by atoms with Crippen molar-refractivity contribution in [3.63, 3.8) is 0 Å². The maximum Gasteiger partial charge on any atom is 0.416 e. The molecule has 0 N–H and O–H groups in total. The Morgan fingerprint density at radius 2 is 1.77 bits per heavy atom. The highest BCUT2D eigenvalue weighted by atomic mass is 19.4. The summed E-state index contributed by atoms with van der Waals surface area (Å²) in [5.74, 6) is 0.389. The van der Waals surface area contributed by atoms with Gasteiger partial charge in [0.2, 0.25) is 5.89 Å². The van der Waals surface area contributed by atoms with Gasteiger partial charge in [-0.1, -0.05) is 12.1 Å². The lowest BCUT2D eigenvalue weighted by Crippen LogP contribution is -2.03. The van der Waals surface area contributed by atoms with Gasteiger partial charge in [0.25, 0.3) is 0 Å². The summed E-state index contributed by atoms with van der Waals surface area (Å²) >= 11 is 0. The molecule has 3 aromatic rings. The number of aryl methyl sites for hydroxylation is 1. The molecule has 0 bridgehead atoms. The number of aromatic nitrogens is 2. The monoisotopic (exact) mass is 304 g/mol. The second-order valence-electron chi connectivity index (χ2n) is 4.80. The molecule has 2 heterocycles. The van der Waals surface area contributed by atoms with Crippen LogP contribution in [-0.4, -0.2) is 9.97 Å². The number of oxazole rings is 1. The van der Waals surface area contributed by atoms with Crippen molar-refractivity contribution in [3.05, 3.63) is 60.1 Å². The number of alkyl halides is 3. The standard InChI is InChI=1S/C16H11F3N2O/c1-10-6-7-20-8-13(10)15-21-14(9-22-15)11-2-4-12(5-3-11)16(17,18)19/h2-9H,1H3. The largest absolute Gasteiger partial charge is 0.444 e. The second kappa shape index (κ2) is 5.29. The van der Waals surface area contributed by atoms with Crippen molar-refractivity contribution in [2.24, 2.45) is 0 Å². The quantitative estimate of drug-likeness (QED) is 0.687. The molecule has 0 spiro atoms. The number of benzene rings is 1. The van der Waals surface area contributed by atoms with E-state index in [1.807, 2.05) is 13.0 Å². The van der Waals surface area contributed by atoms with Crippen LogP contribution in [0.15, 0.2) is 53.4 Å². The summed E-state index contributed by atoms with van der Waals surface area (Å²) < 4.78 is 43.1. The molecule has 112 valence electrons. The third-order valence-corrected chi connectivity index (χ3v) is 3.28. The van der Waals surface area contributed by atoms with E-state index in [2.05, 4.69) is 9.97 Å². The minimum atomic E-state index is -4.35. The van der Waals surface area contributed by atoms with Crippen LogP contribution in [0.4, 0.5) is 13.2 Å². The Hall–Kier alpha value is -2.63. The van der Waals surface area contributed by atoms with Gasteiger partial charge in [-0.3, -0.25) is 4.98 Å². The number of nitrogens with zero attached hydrogens (tertiary/aromatic N) is 2. The number of hydrogen-bond acceptors (Lipinski definition) is 3. The number of rotatable bonds is 2. The van der Waals surface area contributed by atoms with E-state index in [1.54, 1.807) is 12.4 Å². The summed E-state index contributed by atoms with van der Waals surface area (Å²) in [6.07, 6.45) is 0.376. The molecule has 1 aromatic carbocycles. The third-order valence-electron chi connectivity index (χ3n) is 3.28. The molecule has 22 heavy (non-hydrogen) atoms. The lowest BCUT2D eigenvalue weighted by molar-refractivity contribution is -0.137. The van der Waals surface area contributed by atoms with Crippen molar-refractivity contribution in [2.45, 2.75) is 13.1 Å². The topological polar surface area (TPSA) is 38.9 Å². The summed E-state index contributed by atoms with van der Waals surface area (Å²) in [5, 5.41) is 0. The maximum absolute atomic E-state index is 12.6. The van der Waals surface area contributed by atoms with Gasteiger partial charge in [0.1, 0.15) is 12.0 Å². The average molecular weight is 304 g/mol. The maximum atomic E-state index is 12.6. The third kappa shape index (κ3) is 2.72. The van der Waals surface area contributed by atoms with E-state index < -0.39 is 11.7 Å². The molecule has 6 heteroatoms. The lowest BCUT2D eigenvalue weighted by Gasteiger charge is -2.06. The second-order valence-corrected chi connectivity index (χ2v) is 4.80. The molecule has 0 amide bonds. The van der Waals surface area contributed by atoms with Crippen LogP contribution in [0.3, 0.4) is 0 Å². The van der Waals surface area contributed by atoms with Crippen LogP contribution in [0.2, 0.25) is 0 Å². The first kappa shape index (κ1) is 14.3. The summed E-state index contributed by atoms with van der Waals surface area (Å²) in [7, 11) is 0. The van der Waals surface area contributed by atoms with E-state index in [4.69, 9.17) is 4.42 Å². The van der Waals surface area contributed by atoms with Crippen LogP contribution >= 0.6 is 0 Å². The van der Waals surface area contributed by atoms with Crippen molar-refractivity contribution in [1.29, 1.82) is 0 Å². The van der Waals surface area contributed by atoms with Crippen LogP contribution in [0.1, 0.15) is 11.1 Å². The van der Waals surface area contributed by atoms with Gasteiger partial charge in [-0.2, -0.15) is 13.2 Å². The Morgan fingerprint density at radius 1 is 1.05 bits per heavy atom. The molecule has 0 aliphatic carbocycles. The predicted octanol–water partition coefficient (Wildman–Crippen LogP) is 4.73. The molecule has 0 radical (unpaired) electrons. The Morgan fingerprint density at radius 3 is 2.41 bits per heavy atom. The highest BCUT2D eigenvalue weighted by Gasteiger charge is 2.30. The highest BCUT2D eigenvalue weighted by Crippen LogP contribution is 2.31. The lowest BCUT2D eigenvalue weighted by atomic mass is 10.1. The predicted molar refractivity (Wildman–Crippen MR) is 74.9 cm³/mol. The van der Waals surface area contributed by atoms with Gasteiger partial charge >= 0.3 is 6.18 Å².